The molecular formula is C31H43N5O3. The van der Waals surface area contributed by atoms with Crippen LogP contribution in [0.4, 0.5) is 16.2 Å². The van der Waals surface area contributed by atoms with E-state index < -0.39 is 0 Å². The topological polar surface area (TPSA) is 85.0 Å². The average Bonchev–Trinajstić information content (AvgIpc) is 3.20. The maximum Gasteiger partial charge on any atom is 0.319 e. The Morgan fingerprint density at radius 3 is 2.23 bits per heavy atom. The summed E-state index contributed by atoms with van der Waals surface area (Å²) in [5.41, 5.74) is 3.13. The first-order valence-corrected chi connectivity index (χ1v) is 14.5. The van der Waals surface area contributed by atoms with Crippen molar-refractivity contribution >= 4 is 29.2 Å². The van der Waals surface area contributed by atoms with E-state index in [0.29, 0.717) is 30.9 Å². The van der Waals surface area contributed by atoms with Gasteiger partial charge in [-0.3, -0.25) is 9.59 Å². The third-order valence-corrected chi connectivity index (χ3v) is 7.60. The summed E-state index contributed by atoms with van der Waals surface area (Å²) in [6.45, 7) is 10.1. The van der Waals surface area contributed by atoms with E-state index in [1.54, 1.807) is 0 Å². The van der Waals surface area contributed by atoms with Gasteiger partial charge < -0.3 is 25.3 Å². The Morgan fingerprint density at radius 2 is 1.54 bits per heavy atom. The summed E-state index contributed by atoms with van der Waals surface area (Å²) in [6, 6.07) is 15.3. The third kappa shape index (κ3) is 7.31. The summed E-state index contributed by atoms with van der Waals surface area (Å²) in [4.78, 5) is 45.8. The lowest BCUT2D eigenvalue weighted by Crippen LogP contribution is -2.39. The highest BCUT2D eigenvalue weighted by molar-refractivity contribution is 6.02. The van der Waals surface area contributed by atoms with Crippen molar-refractivity contribution in [3.63, 3.8) is 0 Å². The molecule has 39 heavy (non-hydrogen) atoms. The molecule has 0 aliphatic carbocycles. The molecule has 4 rings (SSSR count). The second-order valence-corrected chi connectivity index (χ2v) is 10.9. The summed E-state index contributed by atoms with van der Waals surface area (Å²) in [5, 5.41) is 5.72. The highest BCUT2D eigenvalue weighted by Gasteiger charge is 2.29. The number of amides is 4. The maximum atomic E-state index is 13.7. The van der Waals surface area contributed by atoms with Crippen molar-refractivity contribution in [3.05, 3.63) is 59.7 Å². The van der Waals surface area contributed by atoms with Gasteiger partial charge in [0.25, 0.3) is 5.91 Å². The SMILES string of the molecule is CCC(C(=O)N1CCCN(c2ccc(NC(=O)NC(C)C)cc2C(=O)N2CCCCC2)CC1)c1ccccc1. The molecule has 2 aromatic rings. The van der Waals surface area contributed by atoms with E-state index in [2.05, 4.69) is 22.5 Å². The maximum absolute atomic E-state index is 13.7. The zero-order chi connectivity index (χ0) is 27.8. The first-order valence-electron chi connectivity index (χ1n) is 14.5. The van der Waals surface area contributed by atoms with Crippen molar-refractivity contribution in [1.29, 1.82) is 0 Å². The fourth-order valence-corrected chi connectivity index (χ4v) is 5.59. The Bertz CT molecular complexity index is 1130. The normalized spacial score (nSPS) is 17.0. The van der Waals surface area contributed by atoms with Gasteiger partial charge in [0.1, 0.15) is 0 Å². The minimum absolute atomic E-state index is 0.00456. The van der Waals surface area contributed by atoms with Crippen LogP contribution in [0.5, 0.6) is 0 Å². The molecule has 210 valence electrons. The van der Waals surface area contributed by atoms with Crippen LogP contribution < -0.4 is 15.5 Å². The summed E-state index contributed by atoms with van der Waals surface area (Å²) >= 11 is 0. The van der Waals surface area contributed by atoms with Crippen LogP contribution in [-0.2, 0) is 4.79 Å². The molecule has 8 heteroatoms. The van der Waals surface area contributed by atoms with Crippen molar-refractivity contribution < 1.29 is 14.4 Å². The highest BCUT2D eigenvalue weighted by atomic mass is 16.2. The van der Waals surface area contributed by atoms with Gasteiger partial charge in [-0.25, -0.2) is 4.79 Å². The van der Waals surface area contributed by atoms with Gasteiger partial charge in [0.05, 0.1) is 11.5 Å². The minimum atomic E-state index is -0.290. The molecule has 0 spiro atoms. The average molecular weight is 534 g/mol. The Hall–Kier alpha value is -3.55. The number of carbonyl (C=O) groups excluding carboxylic acids is 3. The van der Waals surface area contributed by atoms with Crippen molar-refractivity contribution in [2.45, 2.75) is 64.8 Å². The van der Waals surface area contributed by atoms with Gasteiger partial charge in [0.15, 0.2) is 0 Å². The molecule has 0 radical (unpaired) electrons. The Kier molecular flexibility index (Phi) is 9.85. The molecule has 2 aliphatic heterocycles. The summed E-state index contributed by atoms with van der Waals surface area (Å²) < 4.78 is 0. The molecule has 2 saturated heterocycles. The monoisotopic (exact) mass is 533 g/mol. The van der Waals surface area contributed by atoms with E-state index in [1.807, 2.05) is 72.2 Å². The van der Waals surface area contributed by atoms with Crippen LogP contribution in [-0.4, -0.2) is 73.0 Å². The van der Waals surface area contributed by atoms with Crippen LogP contribution in [0.2, 0.25) is 0 Å². The fraction of sp³-hybridized carbons (Fsp3) is 0.516. The van der Waals surface area contributed by atoms with Gasteiger partial charge in [-0.15, -0.1) is 0 Å². The Balaban J connectivity index is 1.54. The van der Waals surface area contributed by atoms with Crippen molar-refractivity contribution in [1.82, 2.24) is 15.1 Å². The lowest BCUT2D eigenvalue weighted by molar-refractivity contribution is -0.132. The third-order valence-electron chi connectivity index (χ3n) is 7.60. The molecule has 2 N–H and O–H groups in total. The Morgan fingerprint density at radius 1 is 0.821 bits per heavy atom. The van der Waals surface area contributed by atoms with Gasteiger partial charge >= 0.3 is 6.03 Å². The van der Waals surface area contributed by atoms with Gasteiger partial charge in [-0.2, -0.15) is 0 Å². The zero-order valence-corrected chi connectivity index (χ0v) is 23.6. The van der Waals surface area contributed by atoms with Crippen LogP contribution >= 0.6 is 0 Å². The van der Waals surface area contributed by atoms with Crippen molar-refractivity contribution in [3.8, 4) is 0 Å². The largest absolute Gasteiger partial charge is 0.369 e. The molecule has 2 aliphatic rings. The van der Waals surface area contributed by atoms with Crippen molar-refractivity contribution in [2.24, 2.45) is 0 Å². The van der Waals surface area contributed by atoms with Gasteiger partial charge in [-0.1, -0.05) is 37.3 Å². The molecule has 0 aromatic heterocycles. The number of rotatable bonds is 7. The zero-order valence-electron chi connectivity index (χ0n) is 23.6. The van der Waals surface area contributed by atoms with Gasteiger partial charge in [-0.05, 0) is 69.7 Å². The number of carbonyl (C=O) groups is 3. The number of urea groups is 1. The quantitative estimate of drug-likeness (QED) is 0.520. The van der Waals surface area contributed by atoms with Crippen LogP contribution in [0, 0.1) is 0 Å². The standard InChI is InChI=1S/C31H43N5O3/c1-4-26(24-12-7-5-8-13-24)29(37)36-19-11-18-34(20-21-36)28-15-14-25(33-31(39)32-23(2)3)22-27(28)30(38)35-16-9-6-10-17-35/h5,7-8,12-15,22-23,26H,4,6,9-11,16-21H2,1-3H3,(H2,32,33,39). The van der Waals surface area contributed by atoms with Crippen LogP contribution in [0.15, 0.2) is 48.5 Å². The van der Waals surface area contributed by atoms with E-state index in [0.717, 1.165) is 63.0 Å². The van der Waals surface area contributed by atoms with Crippen LogP contribution in [0.25, 0.3) is 0 Å². The molecule has 1 unspecified atom stereocenters. The fourth-order valence-electron chi connectivity index (χ4n) is 5.59. The summed E-state index contributed by atoms with van der Waals surface area (Å²) in [7, 11) is 0. The minimum Gasteiger partial charge on any atom is -0.369 e. The van der Waals surface area contributed by atoms with E-state index in [-0.39, 0.29) is 29.8 Å². The summed E-state index contributed by atoms with van der Waals surface area (Å²) in [5.74, 6) is 0.0344. The molecule has 2 heterocycles. The number of likely N-dealkylation sites (tertiary alicyclic amines) is 1. The molecule has 2 fully saturated rings. The van der Waals surface area contributed by atoms with Gasteiger partial charge in [0.2, 0.25) is 5.91 Å². The second-order valence-electron chi connectivity index (χ2n) is 10.9. The molecule has 0 bridgehead atoms. The van der Waals surface area contributed by atoms with Crippen molar-refractivity contribution in [2.75, 3.05) is 49.5 Å². The molecule has 0 saturated carbocycles. The van der Waals surface area contributed by atoms with Crippen LogP contribution in [0.1, 0.15) is 74.7 Å². The molecule has 2 aromatic carbocycles. The summed E-state index contributed by atoms with van der Waals surface area (Å²) in [6.07, 6.45) is 4.75. The molecule has 4 amide bonds. The lowest BCUT2D eigenvalue weighted by Gasteiger charge is -2.31. The number of nitrogens with one attached hydrogen (secondary N) is 2. The first-order chi connectivity index (χ1) is 18.9. The number of piperidine rings is 1. The number of benzene rings is 2. The molecule has 8 nitrogen and oxygen atoms in total. The molecular weight excluding hydrogens is 490 g/mol. The molecule has 1 atom stereocenters. The number of nitrogens with zero attached hydrogens (tertiary/aromatic N) is 3. The lowest BCUT2D eigenvalue weighted by atomic mass is 9.95. The van der Waals surface area contributed by atoms with E-state index >= 15 is 0 Å². The predicted molar refractivity (Wildman–Crippen MR) is 156 cm³/mol. The number of hydrogen-bond donors (Lipinski definition) is 2. The highest BCUT2D eigenvalue weighted by Crippen LogP contribution is 2.29. The first kappa shape index (κ1) is 28.5. The number of hydrogen-bond acceptors (Lipinski definition) is 4. The Labute approximate surface area is 232 Å². The number of anilines is 2. The van der Waals surface area contributed by atoms with Crippen LogP contribution in [0.3, 0.4) is 0 Å². The van der Waals surface area contributed by atoms with E-state index in [1.165, 1.54) is 0 Å². The van der Waals surface area contributed by atoms with E-state index in [4.69, 9.17) is 0 Å². The van der Waals surface area contributed by atoms with Gasteiger partial charge in [0, 0.05) is 56.7 Å². The van der Waals surface area contributed by atoms with E-state index in [9.17, 15) is 14.4 Å². The smallest absolute Gasteiger partial charge is 0.319 e. The second kappa shape index (κ2) is 13.5. The predicted octanol–water partition coefficient (Wildman–Crippen LogP) is 5.08.